The van der Waals surface area contributed by atoms with Gasteiger partial charge >= 0.3 is 5.97 Å². The van der Waals surface area contributed by atoms with Gasteiger partial charge in [-0.1, -0.05) is 26.0 Å². The van der Waals surface area contributed by atoms with E-state index >= 15 is 0 Å². The molecule has 1 heterocycles. The number of rotatable bonds is 12. The Morgan fingerprint density at radius 3 is 1.97 bits per heavy atom. The van der Waals surface area contributed by atoms with Crippen LogP contribution in [0.4, 0.5) is 5.69 Å². The molecule has 5 amide bonds. The maximum Gasteiger partial charge on any atom is 0.302 e. The van der Waals surface area contributed by atoms with Crippen molar-refractivity contribution in [1.29, 1.82) is 0 Å². The third-order valence-corrected chi connectivity index (χ3v) is 6.65. The molecule has 0 saturated carbocycles. The Labute approximate surface area is 224 Å². The number of hydrogen-bond donors (Lipinski definition) is 4. The number of ether oxygens (including phenoxy) is 1. The maximum atomic E-state index is 12.9. The number of anilines is 1. The molecule has 0 aromatic heterocycles. The zero-order chi connectivity index (χ0) is 29.5. The summed E-state index contributed by atoms with van der Waals surface area (Å²) >= 11 is 0. The Morgan fingerprint density at radius 2 is 1.49 bits per heavy atom. The fraction of sp³-hybridized carbons (Fsp3) is 0.417. The Kier molecular flexibility index (Phi) is 10.5. The number of amides is 5. The van der Waals surface area contributed by atoms with Crippen molar-refractivity contribution in [3.05, 3.63) is 42.0 Å². The lowest BCUT2D eigenvalue weighted by molar-refractivity contribution is -0.142. The van der Waals surface area contributed by atoms with E-state index in [0.717, 1.165) is 12.2 Å². The van der Waals surface area contributed by atoms with Crippen molar-refractivity contribution in [3.8, 4) is 0 Å². The maximum absolute atomic E-state index is 12.9. The molecule has 0 saturated heterocycles. The van der Waals surface area contributed by atoms with Crippen molar-refractivity contribution >= 4 is 51.3 Å². The van der Waals surface area contributed by atoms with Gasteiger partial charge in [0.25, 0.3) is 21.9 Å². The average Bonchev–Trinajstić information content (AvgIpc) is 3.15. The van der Waals surface area contributed by atoms with Crippen LogP contribution in [0.5, 0.6) is 0 Å². The monoisotopic (exact) mass is 566 g/mol. The molecule has 14 nitrogen and oxygen atoms in total. The molecule has 4 N–H and O–H groups in total. The third-order valence-electron chi connectivity index (χ3n) is 5.56. The van der Waals surface area contributed by atoms with E-state index in [4.69, 9.17) is 4.74 Å². The topological polar surface area (TPSA) is 205 Å². The second-order valence-corrected chi connectivity index (χ2v) is 10.6. The summed E-state index contributed by atoms with van der Waals surface area (Å²) in [5.41, 5.74) is 1.09. The molecule has 0 spiro atoms. The van der Waals surface area contributed by atoms with Crippen LogP contribution in [0.1, 0.15) is 33.3 Å². The fourth-order valence-electron chi connectivity index (χ4n) is 3.36. The predicted molar refractivity (Wildman–Crippen MR) is 136 cm³/mol. The number of carbonyl (C=O) groups excluding carboxylic acids is 6. The summed E-state index contributed by atoms with van der Waals surface area (Å²) in [7, 11) is -5.08. The number of hydrogen-bond acceptors (Lipinski definition) is 9. The van der Waals surface area contributed by atoms with Crippen LogP contribution in [-0.4, -0.2) is 77.3 Å². The molecule has 15 heteroatoms. The summed E-state index contributed by atoms with van der Waals surface area (Å²) in [6, 6.07) is 4.00. The molecular formula is C24H30N4O10S. The summed E-state index contributed by atoms with van der Waals surface area (Å²) in [5, 5.41) is 5.00. The highest BCUT2D eigenvalue weighted by atomic mass is 32.2. The lowest BCUT2D eigenvalue weighted by Crippen LogP contribution is -2.57. The van der Waals surface area contributed by atoms with Gasteiger partial charge in [0.2, 0.25) is 17.7 Å². The van der Waals surface area contributed by atoms with E-state index in [-0.39, 0.29) is 6.61 Å². The van der Waals surface area contributed by atoms with Crippen molar-refractivity contribution in [2.24, 2.45) is 5.92 Å². The van der Waals surface area contributed by atoms with Gasteiger partial charge in [-0.3, -0.25) is 38.2 Å². The van der Waals surface area contributed by atoms with Crippen LogP contribution >= 0.6 is 0 Å². The molecule has 1 aliphatic rings. The summed E-state index contributed by atoms with van der Waals surface area (Å²) < 4.78 is 38.2. The minimum absolute atomic E-state index is 0.0678. The number of benzene rings is 1. The van der Waals surface area contributed by atoms with Crippen molar-refractivity contribution in [3.63, 3.8) is 0 Å². The molecule has 1 aliphatic heterocycles. The number of nitrogens with zero attached hydrogens (tertiary/aromatic N) is 1. The van der Waals surface area contributed by atoms with Gasteiger partial charge in [-0.2, -0.15) is 8.42 Å². The van der Waals surface area contributed by atoms with Gasteiger partial charge in [0.1, 0.15) is 18.7 Å². The number of carbonyl (C=O) groups is 6. The lowest BCUT2D eigenvalue weighted by atomic mass is 10.0. The van der Waals surface area contributed by atoms with Crippen molar-refractivity contribution in [1.82, 2.24) is 15.5 Å². The zero-order valence-corrected chi connectivity index (χ0v) is 22.5. The lowest BCUT2D eigenvalue weighted by Gasteiger charge is -2.26. The van der Waals surface area contributed by atoms with Crippen molar-refractivity contribution < 1.29 is 46.5 Å². The normalized spacial score (nSPS) is 15.5. The van der Waals surface area contributed by atoms with Crippen LogP contribution in [0, 0.1) is 5.92 Å². The van der Waals surface area contributed by atoms with E-state index in [0.29, 0.717) is 16.2 Å². The van der Waals surface area contributed by atoms with Crippen LogP contribution in [0.25, 0.3) is 0 Å². The van der Waals surface area contributed by atoms with E-state index in [2.05, 4.69) is 16.0 Å². The summed E-state index contributed by atoms with van der Waals surface area (Å²) in [6.45, 7) is 4.88. The fourth-order valence-corrected chi connectivity index (χ4v) is 4.03. The first-order chi connectivity index (χ1) is 18.1. The Balaban J connectivity index is 2.04. The second kappa shape index (κ2) is 13.1. The number of nitrogens with one attached hydrogen (secondary N) is 3. The molecule has 0 bridgehead atoms. The van der Waals surface area contributed by atoms with Crippen LogP contribution in [0.2, 0.25) is 0 Å². The van der Waals surface area contributed by atoms with Crippen LogP contribution in [-0.2, 0) is 50.2 Å². The molecular weight excluding hydrogens is 536 g/mol. The van der Waals surface area contributed by atoms with E-state index in [1.54, 1.807) is 38.1 Å². The van der Waals surface area contributed by atoms with Crippen LogP contribution < -0.4 is 16.0 Å². The van der Waals surface area contributed by atoms with E-state index < -0.39 is 75.4 Å². The van der Waals surface area contributed by atoms with E-state index in [1.165, 1.54) is 13.8 Å². The molecule has 0 fully saturated rings. The SMILES string of the molecule is CC(=O)OCc1ccc(NC(=O)[C@H](C)NC(=O)[C@@H](NC(=O)C(CN2C(=O)C=CC2=O)S(=O)(=O)O)C(C)C)cc1. The predicted octanol–water partition coefficient (Wildman–Crippen LogP) is -0.485. The summed E-state index contributed by atoms with van der Waals surface area (Å²) in [6.07, 6.45) is 1.77. The van der Waals surface area contributed by atoms with Gasteiger partial charge < -0.3 is 20.7 Å². The first kappa shape index (κ1) is 31.1. The average molecular weight is 567 g/mol. The highest BCUT2D eigenvalue weighted by Crippen LogP contribution is 2.13. The molecule has 1 unspecified atom stereocenters. The van der Waals surface area contributed by atoms with Gasteiger partial charge in [-0.05, 0) is 30.5 Å². The standard InChI is InChI=1S/C24H30N4O10S/c1-13(2)21(27-23(33)18(39(35,36)37)11-28-19(30)9-10-20(28)31)24(34)25-14(3)22(32)26-17-7-5-16(6-8-17)12-38-15(4)29/h5-10,13-14,18,21H,11-12H2,1-4H3,(H,25,34)(H,26,32)(H,27,33)(H,35,36,37)/t14-,18?,21-/m0/s1. The molecule has 1 aromatic rings. The van der Waals surface area contributed by atoms with Crippen molar-refractivity contribution in [2.45, 2.75) is 51.6 Å². The molecule has 2 rings (SSSR count). The van der Waals surface area contributed by atoms with Crippen molar-refractivity contribution in [2.75, 3.05) is 11.9 Å². The molecule has 212 valence electrons. The van der Waals surface area contributed by atoms with E-state index in [1.807, 2.05) is 0 Å². The van der Waals surface area contributed by atoms with Gasteiger partial charge in [-0.15, -0.1) is 0 Å². The quantitative estimate of drug-likeness (QED) is 0.145. The largest absolute Gasteiger partial charge is 0.461 e. The highest BCUT2D eigenvalue weighted by Gasteiger charge is 2.39. The Morgan fingerprint density at radius 1 is 0.923 bits per heavy atom. The minimum atomic E-state index is -5.08. The van der Waals surface area contributed by atoms with Crippen LogP contribution in [0.15, 0.2) is 36.4 Å². The van der Waals surface area contributed by atoms with Gasteiger partial charge in [-0.25, -0.2) is 0 Å². The first-order valence-electron chi connectivity index (χ1n) is 11.7. The smallest absolute Gasteiger partial charge is 0.302 e. The molecule has 0 radical (unpaired) electrons. The number of imide groups is 1. The highest BCUT2D eigenvalue weighted by molar-refractivity contribution is 7.87. The Hall–Kier alpha value is -4.11. The molecule has 39 heavy (non-hydrogen) atoms. The third kappa shape index (κ3) is 9.00. The molecule has 1 aromatic carbocycles. The van der Waals surface area contributed by atoms with Gasteiger partial charge in [0, 0.05) is 24.8 Å². The van der Waals surface area contributed by atoms with Crippen LogP contribution in [0.3, 0.4) is 0 Å². The van der Waals surface area contributed by atoms with Gasteiger partial charge in [0.05, 0.1) is 6.54 Å². The van der Waals surface area contributed by atoms with Gasteiger partial charge in [0.15, 0.2) is 5.25 Å². The minimum Gasteiger partial charge on any atom is -0.461 e. The zero-order valence-electron chi connectivity index (χ0n) is 21.7. The molecule has 3 atom stereocenters. The second-order valence-electron chi connectivity index (χ2n) is 9.05. The van der Waals surface area contributed by atoms with E-state index in [9.17, 15) is 41.7 Å². The molecule has 0 aliphatic carbocycles. The first-order valence-corrected chi connectivity index (χ1v) is 13.2. The summed E-state index contributed by atoms with van der Waals surface area (Å²) in [4.78, 5) is 73.2. The number of esters is 1. The summed E-state index contributed by atoms with van der Waals surface area (Å²) in [5.74, 6) is -5.48. The Bertz CT molecular complexity index is 1260.